The van der Waals surface area contributed by atoms with Gasteiger partial charge in [-0.15, -0.1) is 5.10 Å². The number of ether oxygens (including phenoxy) is 1. The van der Waals surface area contributed by atoms with Gasteiger partial charge in [-0.1, -0.05) is 12.5 Å². The smallest absolute Gasteiger partial charge is 0.336 e. The molecule has 2 atom stereocenters. The van der Waals surface area contributed by atoms with Crippen molar-refractivity contribution in [2.24, 2.45) is 0 Å². The highest BCUT2D eigenvalue weighted by Crippen LogP contribution is 2.30. The van der Waals surface area contributed by atoms with Crippen LogP contribution in [0.4, 0.5) is 11.6 Å². The highest BCUT2D eigenvalue weighted by molar-refractivity contribution is 5.60. The first-order chi connectivity index (χ1) is 15.6. The summed E-state index contributed by atoms with van der Waals surface area (Å²) in [4.78, 5) is 16.1. The molecule has 2 saturated heterocycles. The summed E-state index contributed by atoms with van der Waals surface area (Å²) in [6, 6.07) is 3.74. The Morgan fingerprint density at radius 2 is 2.06 bits per heavy atom. The summed E-state index contributed by atoms with van der Waals surface area (Å²) in [5.41, 5.74) is 10.0. The average molecular weight is 435 g/mol. The van der Waals surface area contributed by atoms with Gasteiger partial charge in [-0.2, -0.15) is 4.98 Å². The lowest BCUT2D eigenvalue weighted by atomic mass is 9.98. The molecule has 0 unspecified atom stereocenters. The van der Waals surface area contributed by atoms with E-state index in [0.29, 0.717) is 36.0 Å². The maximum absolute atomic E-state index is 6.17. The number of aryl methyl sites for hydroxylation is 1. The van der Waals surface area contributed by atoms with Crippen molar-refractivity contribution in [3.05, 3.63) is 35.3 Å². The number of nitrogen functional groups attached to an aromatic ring is 1. The number of anilines is 2. The minimum atomic E-state index is 0.169. The van der Waals surface area contributed by atoms with Gasteiger partial charge in [0.25, 0.3) is 0 Å². The molecule has 2 aliphatic heterocycles. The molecule has 0 radical (unpaired) electrons. The first kappa shape index (κ1) is 19.7. The maximum Gasteiger partial charge on any atom is 0.336 e. The van der Waals surface area contributed by atoms with Crippen molar-refractivity contribution >= 4 is 17.3 Å². The van der Waals surface area contributed by atoms with Crippen LogP contribution in [0.2, 0.25) is 0 Å². The number of aromatic nitrogens is 5. The Morgan fingerprint density at radius 3 is 2.81 bits per heavy atom. The lowest BCUT2D eigenvalue weighted by molar-refractivity contribution is 0.140. The topological polar surface area (TPSA) is 106 Å². The summed E-state index contributed by atoms with van der Waals surface area (Å²) in [6.07, 6.45) is 11.6. The van der Waals surface area contributed by atoms with Gasteiger partial charge in [-0.25, -0.2) is 14.5 Å². The molecule has 5 heterocycles. The summed E-state index contributed by atoms with van der Waals surface area (Å²) < 4.78 is 7.83. The van der Waals surface area contributed by atoms with Crippen LogP contribution in [0.5, 0.6) is 6.01 Å². The van der Waals surface area contributed by atoms with Crippen LogP contribution in [0.15, 0.2) is 18.5 Å². The Kier molecular flexibility index (Phi) is 4.86. The van der Waals surface area contributed by atoms with Crippen molar-refractivity contribution in [2.75, 3.05) is 23.7 Å². The Labute approximate surface area is 187 Å². The largest absolute Gasteiger partial charge is 0.459 e. The Morgan fingerprint density at radius 1 is 1.19 bits per heavy atom. The van der Waals surface area contributed by atoms with E-state index in [1.54, 1.807) is 4.52 Å². The molecule has 3 fully saturated rings. The van der Waals surface area contributed by atoms with Crippen LogP contribution >= 0.6 is 0 Å². The zero-order chi connectivity index (χ0) is 21.7. The SMILES string of the molecule is Cc1cc(Cc2cnc3c(N)nc(OC4CCCCC4)nn23)cnc1N1C[C@@H]2C[C@H]1CN2. The summed E-state index contributed by atoms with van der Waals surface area (Å²) in [7, 11) is 0. The van der Waals surface area contributed by atoms with E-state index in [4.69, 9.17) is 15.5 Å². The molecule has 9 heteroatoms. The van der Waals surface area contributed by atoms with Crippen LogP contribution in [0.25, 0.3) is 5.65 Å². The average Bonchev–Trinajstić information content (AvgIpc) is 3.51. The van der Waals surface area contributed by atoms with Gasteiger partial charge in [0.2, 0.25) is 0 Å². The van der Waals surface area contributed by atoms with Crippen LogP contribution in [0.3, 0.4) is 0 Å². The molecule has 3 aromatic heterocycles. The quantitative estimate of drug-likeness (QED) is 0.630. The molecule has 0 amide bonds. The second kappa shape index (κ2) is 7.88. The summed E-state index contributed by atoms with van der Waals surface area (Å²) in [6.45, 7) is 4.25. The Balaban J connectivity index is 1.24. The van der Waals surface area contributed by atoms with E-state index in [2.05, 4.69) is 38.3 Å². The molecule has 1 saturated carbocycles. The van der Waals surface area contributed by atoms with Gasteiger partial charge in [0.05, 0.1) is 11.9 Å². The fourth-order valence-electron chi connectivity index (χ4n) is 5.48. The van der Waals surface area contributed by atoms with Gasteiger partial charge in [0, 0.05) is 37.8 Å². The van der Waals surface area contributed by atoms with E-state index in [1.807, 2.05) is 12.4 Å². The normalized spacial score (nSPS) is 23.3. The first-order valence-corrected chi connectivity index (χ1v) is 11.8. The summed E-state index contributed by atoms with van der Waals surface area (Å²) >= 11 is 0. The van der Waals surface area contributed by atoms with Crippen LogP contribution in [-0.4, -0.2) is 55.8 Å². The monoisotopic (exact) mass is 434 g/mol. The van der Waals surface area contributed by atoms with Crippen molar-refractivity contribution in [3.63, 3.8) is 0 Å². The number of nitrogens with two attached hydrogens (primary N) is 1. The third-order valence-electron chi connectivity index (χ3n) is 7.08. The molecule has 3 aromatic rings. The summed E-state index contributed by atoms with van der Waals surface area (Å²) in [5.74, 6) is 1.45. The molecule has 3 aliphatic rings. The minimum absolute atomic E-state index is 0.169. The van der Waals surface area contributed by atoms with Crippen LogP contribution in [-0.2, 0) is 6.42 Å². The minimum Gasteiger partial charge on any atom is -0.459 e. The van der Waals surface area contributed by atoms with Gasteiger partial charge in [0.15, 0.2) is 11.5 Å². The van der Waals surface area contributed by atoms with Gasteiger partial charge in [0.1, 0.15) is 11.9 Å². The molecule has 168 valence electrons. The zero-order valence-corrected chi connectivity index (χ0v) is 18.5. The molecule has 32 heavy (non-hydrogen) atoms. The summed E-state index contributed by atoms with van der Waals surface area (Å²) in [5, 5.41) is 8.18. The molecular formula is C23H30N8O. The number of piperazine rings is 1. The molecule has 0 spiro atoms. The van der Waals surface area contributed by atoms with Gasteiger partial charge >= 0.3 is 6.01 Å². The first-order valence-electron chi connectivity index (χ1n) is 11.8. The van der Waals surface area contributed by atoms with E-state index in [-0.39, 0.29) is 6.10 Å². The number of hydrogen-bond donors (Lipinski definition) is 2. The number of pyridine rings is 1. The number of imidazole rings is 1. The maximum atomic E-state index is 6.17. The number of hydrogen-bond acceptors (Lipinski definition) is 8. The van der Waals surface area contributed by atoms with E-state index < -0.39 is 0 Å². The van der Waals surface area contributed by atoms with Crippen LogP contribution < -0.4 is 20.7 Å². The zero-order valence-electron chi connectivity index (χ0n) is 18.5. The predicted octanol–water partition coefficient (Wildman–Crippen LogP) is 2.26. The molecule has 0 aromatic carbocycles. The van der Waals surface area contributed by atoms with Crippen LogP contribution in [0.1, 0.15) is 55.3 Å². The highest BCUT2D eigenvalue weighted by atomic mass is 16.5. The number of fused-ring (bicyclic) bond motifs is 3. The van der Waals surface area contributed by atoms with Crippen LogP contribution in [0, 0.1) is 6.92 Å². The highest BCUT2D eigenvalue weighted by Gasteiger charge is 2.38. The lowest BCUT2D eigenvalue weighted by Crippen LogP contribution is -2.44. The lowest BCUT2D eigenvalue weighted by Gasteiger charge is -2.29. The molecule has 6 rings (SSSR count). The number of rotatable bonds is 5. The third-order valence-corrected chi connectivity index (χ3v) is 7.08. The van der Waals surface area contributed by atoms with Crippen molar-refractivity contribution < 1.29 is 4.74 Å². The van der Waals surface area contributed by atoms with E-state index in [1.165, 1.54) is 31.2 Å². The fourth-order valence-corrected chi connectivity index (χ4v) is 5.48. The Bertz CT molecular complexity index is 1140. The number of nitrogens with zero attached hydrogens (tertiary/aromatic N) is 6. The van der Waals surface area contributed by atoms with Crippen molar-refractivity contribution in [3.8, 4) is 6.01 Å². The second-order valence-corrected chi connectivity index (χ2v) is 9.45. The van der Waals surface area contributed by atoms with E-state index in [0.717, 1.165) is 43.0 Å². The molecule has 2 bridgehead atoms. The second-order valence-electron chi connectivity index (χ2n) is 9.45. The van der Waals surface area contributed by atoms with Gasteiger partial charge in [-0.3, -0.25) is 0 Å². The molecule has 9 nitrogen and oxygen atoms in total. The van der Waals surface area contributed by atoms with Crippen molar-refractivity contribution in [1.82, 2.24) is 29.9 Å². The molecule has 3 N–H and O–H groups in total. The standard InChI is InChI=1S/C23H30N8O/c1-14-7-15(10-26-21(14)30-13-16-9-17(30)11-25-16)8-18-12-27-22-20(24)28-23(29-31(18)22)32-19-5-3-2-4-6-19/h7,10,12,16-17,19,25H,2-6,8-9,11,13H2,1H3,(H2,24,28,29)/t16-,17-/m0/s1. The number of nitrogens with one attached hydrogen (secondary N) is 1. The van der Waals surface area contributed by atoms with Crippen molar-refractivity contribution in [2.45, 2.75) is 70.1 Å². The molecule has 1 aliphatic carbocycles. The fraction of sp³-hybridized carbons (Fsp3) is 0.565. The van der Waals surface area contributed by atoms with Crippen molar-refractivity contribution in [1.29, 1.82) is 0 Å². The Hall–Kier alpha value is -2.94. The van der Waals surface area contributed by atoms with Gasteiger partial charge in [-0.05, 0) is 50.2 Å². The predicted molar refractivity (Wildman–Crippen MR) is 122 cm³/mol. The van der Waals surface area contributed by atoms with Gasteiger partial charge < -0.3 is 20.7 Å². The third kappa shape index (κ3) is 3.54. The molecular weight excluding hydrogens is 404 g/mol. The van der Waals surface area contributed by atoms with E-state index in [9.17, 15) is 0 Å². The van der Waals surface area contributed by atoms with E-state index >= 15 is 0 Å².